The van der Waals surface area contributed by atoms with Crippen LogP contribution in [0.5, 0.6) is 0 Å². The summed E-state index contributed by atoms with van der Waals surface area (Å²) in [5, 5.41) is 4.47. The lowest BCUT2D eigenvalue weighted by atomic mass is 10.1. The first kappa shape index (κ1) is 10.2. The van der Waals surface area contributed by atoms with Crippen LogP contribution in [0.15, 0.2) is 10.6 Å². The molecule has 2 aromatic rings. The smallest absolute Gasteiger partial charge is 0.266 e. The summed E-state index contributed by atoms with van der Waals surface area (Å²) in [6.07, 6.45) is 2.21. The van der Waals surface area contributed by atoms with Gasteiger partial charge >= 0.3 is 0 Å². The SMILES string of the molecule is Cc1noc2nc(C3CC3)cc(C(=O)NN)c12. The maximum absolute atomic E-state index is 11.7. The molecule has 1 amide bonds. The summed E-state index contributed by atoms with van der Waals surface area (Å²) in [6, 6.07) is 1.78. The molecule has 1 fully saturated rings. The Labute approximate surface area is 97.1 Å². The van der Waals surface area contributed by atoms with Gasteiger partial charge in [-0.1, -0.05) is 5.16 Å². The molecule has 0 aromatic carbocycles. The number of nitrogen functional groups attached to an aromatic ring is 1. The average Bonchev–Trinajstić information content (AvgIpc) is 3.13. The topological polar surface area (TPSA) is 94.0 Å². The second-order valence-electron chi connectivity index (χ2n) is 4.29. The number of amides is 1. The second kappa shape index (κ2) is 3.53. The van der Waals surface area contributed by atoms with Crippen LogP contribution >= 0.6 is 0 Å². The van der Waals surface area contributed by atoms with Gasteiger partial charge in [0.15, 0.2) is 0 Å². The molecule has 88 valence electrons. The monoisotopic (exact) mass is 232 g/mol. The van der Waals surface area contributed by atoms with E-state index in [2.05, 4.69) is 15.6 Å². The third kappa shape index (κ3) is 1.57. The predicted octanol–water partition coefficient (Wildman–Crippen LogP) is 1.01. The summed E-state index contributed by atoms with van der Waals surface area (Å²) in [4.78, 5) is 16.1. The number of hydrazine groups is 1. The van der Waals surface area contributed by atoms with Crippen molar-refractivity contribution in [2.75, 3.05) is 0 Å². The first-order valence-electron chi connectivity index (χ1n) is 5.48. The molecular formula is C11H12N4O2. The van der Waals surface area contributed by atoms with Gasteiger partial charge in [-0.25, -0.2) is 10.8 Å². The summed E-state index contributed by atoms with van der Waals surface area (Å²) in [5.41, 5.74) is 4.56. The number of pyridine rings is 1. The zero-order chi connectivity index (χ0) is 12.0. The number of nitrogens with one attached hydrogen (secondary N) is 1. The Morgan fingerprint density at radius 1 is 1.59 bits per heavy atom. The Balaban J connectivity index is 2.26. The van der Waals surface area contributed by atoms with Crippen molar-refractivity contribution in [2.24, 2.45) is 5.84 Å². The van der Waals surface area contributed by atoms with Crippen molar-refractivity contribution < 1.29 is 9.32 Å². The van der Waals surface area contributed by atoms with Crippen LogP contribution in [-0.2, 0) is 0 Å². The molecule has 2 heterocycles. The zero-order valence-electron chi connectivity index (χ0n) is 9.36. The quantitative estimate of drug-likeness (QED) is 0.458. The van der Waals surface area contributed by atoms with Crippen molar-refractivity contribution in [3.8, 4) is 0 Å². The summed E-state index contributed by atoms with van der Waals surface area (Å²) in [6.45, 7) is 1.78. The molecule has 1 saturated carbocycles. The van der Waals surface area contributed by atoms with Crippen molar-refractivity contribution in [3.63, 3.8) is 0 Å². The highest BCUT2D eigenvalue weighted by Crippen LogP contribution is 2.40. The van der Waals surface area contributed by atoms with E-state index in [0.717, 1.165) is 18.5 Å². The van der Waals surface area contributed by atoms with Gasteiger partial charge in [0.05, 0.1) is 16.6 Å². The standard InChI is InChI=1S/C11H12N4O2/c1-5-9-7(10(16)14-12)4-8(6-2-3-6)13-11(9)17-15-5/h4,6H,2-3,12H2,1H3,(H,14,16). The molecule has 1 aliphatic carbocycles. The van der Waals surface area contributed by atoms with Crippen molar-refractivity contribution in [1.82, 2.24) is 15.6 Å². The summed E-state index contributed by atoms with van der Waals surface area (Å²) >= 11 is 0. The summed E-state index contributed by atoms with van der Waals surface area (Å²) < 4.78 is 5.12. The van der Waals surface area contributed by atoms with Gasteiger partial charge in [-0.15, -0.1) is 0 Å². The number of carbonyl (C=O) groups is 1. The van der Waals surface area contributed by atoms with Gasteiger partial charge in [-0.2, -0.15) is 0 Å². The second-order valence-corrected chi connectivity index (χ2v) is 4.29. The van der Waals surface area contributed by atoms with Crippen molar-refractivity contribution in [1.29, 1.82) is 0 Å². The molecule has 0 radical (unpaired) electrons. The molecule has 0 unspecified atom stereocenters. The Morgan fingerprint density at radius 3 is 3.00 bits per heavy atom. The van der Waals surface area contributed by atoms with Crippen LogP contribution < -0.4 is 11.3 Å². The first-order chi connectivity index (χ1) is 8.20. The lowest BCUT2D eigenvalue weighted by molar-refractivity contribution is 0.0955. The van der Waals surface area contributed by atoms with E-state index in [-0.39, 0.29) is 5.91 Å². The minimum absolute atomic E-state index is 0.342. The number of rotatable bonds is 2. The van der Waals surface area contributed by atoms with E-state index >= 15 is 0 Å². The Kier molecular flexibility index (Phi) is 2.12. The van der Waals surface area contributed by atoms with E-state index in [1.807, 2.05) is 0 Å². The number of nitrogens with two attached hydrogens (primary N) is 1. The van der Waals surface area contributed by atoms with Crippen LogP contribution in [0.3, 0.4) is 0 Å². The molecule has 3 rings (SSSR count). The maximum atomic E-state index is 11.7. The molecule has 3 N–H and O–H groups in total. The van der Waals surface area contributed by atoms with Gasteiger partial charge in [0, 0.05) is 11.6 Å². The molecule has 6 heteroatoms. The minimum Gasteiger partial charge on any atom is -0.336 e. The summed E-state index contributed by atoms with van der Waals surface area (Å²) in [7, 11) is 0. The van der Waals surface area contributed by atoms with E-state index in [4.69, 9.17) is 10.4 Å². The van der Waals surface area contributed by atoms with Crippen LogP contribution in [0, 0.1) is 6.92 Å². The molecule has 17 heavy (non-hydrogen) atoms. The third-order valence-corrected chi connectivity index (χ3v) is 3.01. The molecule has 1 aliphatic rings. The largest absolute Gasteiger partial charge is 0.336 e. The molecule has 0 aliphatic heterocycles. The van der Waals surface area contributed by atoms with Gasteiger partial charge in [0.2, 0.25) is 0 Å². The van der Waals surface area contributed by atoms with Crippen molar-refractivity contribution in [2.45, 2.75) is 25.7 Å². The van der Waals surface area contributed by atoms with E-state index < -0.39 is 0 Å². The molecule has 0 atom stereocenters. The Hall–Kier alpha value is -1.95. The fourth-order valence-corrected chi connectivity index (χ4v) is 1.96. The fourth-order valence-electron chi connectivity index (χ4n) is 1.96. The number of carbonyl (C=O) groups excluding carboxylic acids is 1. The number of aryl methyl sites for hydroxylation is 1. The molecule has 0 saturated heterocycles. The van der Waals surface area contributed by atoms with Gasteiger partial charge in [-0.3, -0.25) is 10.2 Å². The Morgan fingerprint density at radius 2 is 2.35 bits per heavy atom. The fraction of sp³-hybridized carbons (Fsp3) is 0.364. The number of hydrogen-bond acceptors (Lipinski definition) is 5. The summed E-state index contributed by atoms with van der Waals surface area (Å²) in [5.74, 6) is 5.28. The number of aromatic nitrogens is 2. The number of fused-ring (bicyclic) bond motifs is 1. The van der Waals surface area contributed by atoms with E-state index in [0.29, 0.717) is 28.3 Å². The van der Waals surface area contributed by atoms with Crippen LogP contribution in [0.2, 0.25) is 0 Å². The van der Waals surface area contributed by atoms with Crippen LogP contribution in [0.1, 0.15) is 40.5 Å². The lowest BCUT2D eigenvalue weighted by Crippen LogP contribution is -2.30. The van der Waals surface area contributed by atoms with E-state index in [1.165, 1.54) is 0 Å². The minimum atomic E-state index is -0.342. The van der Waals surface area contributed by atoms with Crippen LogP contribution in [-0.4, -0.2) is 16.0 Å². The third-order valence-electron chi connectivity index (χ3n) is 3.01. The van der Waals surface area contributed by atoms with Gasteiger partial charge in [-0.05, 0) is 25.8 Å². The lowest BCUT2D eigenvalue weighted by Gasteiger charge is -2.04. The average molecular weight is 232 g/mol. The highest BCUT2D eigenvalue weighted by Gasteiger charge is 2.28. The molecule has 0 spiro atoms. The van der Waals surface area contributed by atoms with Crippen LogP contribution in [0.4, 0.5) is 0 Å². The van der Waals surface area contributed by atoms with Gasteiger partial charge in [0.1, 0.15) is 0 Å². The predicted molar refractivity (Wildman–Crippen MR) is 60.2 cm³/mol. The Bertz CT molecular complexity index is 601. The van der Waals surface area contributed by atoms with Crippen molar-refractivity contribution >= 4 is 17.0 Å². The molecule has 2 aromatic heterocycles. The zero-order valence-corrected chi connectivity index (χ0v) is 9.36. The maximum Gasteiger partial charge on any atom is 0.266 e. The van der Waals surface area contributed by atoms with E-state index in [9.17, 15) is 4.79 Å². The number of hydrogen-bond donors (Lipinski definition) is 2. The van der Waals surface area contributed by atoms with E-state index in [1.54, 1.807) is 13.0 Å². The van der Waals surface area contributed by atoms with Gasteiger partial charge in [0.25, 0.3) is 11.6 Å². The highest BCUT2D eigenvalue weighted by atomic mass is 16.5. The molecule has 0 bridgehead atoms. The normalized spacial score (nSPS) is 15.2. The number of nitrogens with zero attached hydrogens (tertiary/aromatic N) is 2. The van der Waals surface area contributed by atoms with Gasteiger partial charge < -0.3 is 4.52 Å². The highest BCUT2D eigenvalue weighted by molar-refractivity contribution is 6.05. The first-order valence-corrected chi connectivity index (χ1v) is 5.48. The molecular weight excluding hydrogens is 220 g/mol. The van der Waals surface area contributed by atoms with Crippen molar-refractivity contribution in [3.05, 3.63) is 23.0 Å². The van der Waals surface area contributed by atoms with Crippen LogP contribution in [0.25, 0.3) is 11.1 Å². The molecule has 6 nitrogen and oxygen atoms in total.